The standard InChI is InChI=1S/C10H17NO4/c1-4-10(12)15-6-5-11-9(2)14-8-7-13-3/h4,11H,1-2,5-8H2,3H3. The molecule has 0 spiro atoms. The highest BCUT2D eigenvalue weighted by Crippen LogP contribution is 1.87. The van der Waals surface area contributed by atoms with Crippen molar-refractivity contribution in [3.8, 4) is 0 Å². The molecule has 0 amide bonds. The Morgan fingerprint density at radius 1 is 1.33 bits per heavy atom. The van der Waals surface area contributed by atoms with Crippen LogP contribution in [-0.4, -0.2) is 39.4 Å². The lowest BCUT2D eigenvalue weighted by atomic mass is 10.6. The topological polar surface area (TPSA) is 56.8 Å². The smallest absolute Gasteiger partial charge is 0.330 e. The van der Waals surface area contributed by atoms with E-state index in [9.17, 15) is 4.79 Å². The third kappa shape index (κ3) is 8.83. The van der Waals surface area contributed by atoms with E-state index in [1.54, 1.807) is 7.11 Å². The van der Waals surface area contributed by atoms with Crippen molar-refractivity contribution in [1.29, 1.82) is 0 Å². The minimum Gasteiger partial charge on any atom is -0.477 e. The average molecular weight is 215 g/mol. The Morgan fingerprint density at radius 2 is 2.07 bits per heavy atom. The van der Waals surface area contributed by atoms with E-state index in [0.717, 1.165) is 6.08 Å². The molecule has 0 saturated carbocycles. The first-order chi connectivity index (χ1) is 7.20. The molecule has 86 valence electrons. The van der Waals surface area contributed by atoms with Crippen LogP contribution in [0, 0.1) is 0 Å². The number of hydrogen-bond donors (Lipinski definition) is 1. The normalized spacial score (nSPS) is 9.13. The first-order valence-corrected chi connectivity index (χ1v) is 4.54. The summed E-state index contributed by atoms with van der Waals surface area (Å²) in [7, 11) is 1.59. The van der Waals surface area contributed by atoms with Gasteiger partial charge in [0.05, 0.1) is 13.2 Å². The fourth-order valence-electron chi connectivity index (χ4n) is 0.700. The van der Waals surface area contributed by atoms with E-state index in [1.807, 2.05) is 0 Å². The highest BCUT2D eigenvalue weighted by atomic mass is 16.5. The minimum atomic E-state index is -0.442. The van der Waals surface area contributed by atoms with Crippen LogP contribution in [0.2, 0.25) is 0 Å². The molecule has 1 N–H and O–H groups in total. The van der Waals surface area contributed by atoms with Crippen molar-refractivity contribution in [3.63, 3.8) is 0 Å². The molecule has 0 rings (SSSR count). The number of rotatable bonds is 9. The van der Waals surface area contributed by atoms with Crippen molar-refractivity contribution in [2.45, 2.75) is 0 Å². The maximum atomic E-state index is 10.6. The zero-order valence-corrected chi connectivity index (χ0v) is 8.95. The third-order valence-electron chi connectivity index (χ3n) is 1.40. The highest BCUT2D eigenvalue weighted by molar-refractivity contribution is 5.81. The molecular formula is C10H17NO4. The molecule has 0 bridgehead atoms. The Labute approximate surface area is 89.7 Å². The van der Waals surface area contributed by atoms with Crippen LogP contribution in [0.25, 0.3) is 0 Å². The molecule has 0 aromatic carbocycles. The van der Waals surface area contributed by atoms with E-state index in [-0.39, 0.29) is 6.61 Å². The number of carbonyl (C=O) groups is 1. The average Bonchev–Trinajstić information content (AvgIpc) is 2.24. The summed E-state index contributed by atoms with van der Waals surface area (Å²) >= 11 is 0. The maximum Gasteiger partial charge on any atom is 0.330 e. The summed E-state index contributed by atoms with van der Waals surface area (Å²) in [6.45, 7) is 8.53. The van der Waals surface area contributed by atoms with Crippen molar-refractivity contribution in [1.82, 2.24) is 5.32 Å². The molecule has 0 unspecified atom stereocenters. The van der Waals surface area contributed by atoms with Gasteiger partial charge in [-0.05, 0) is 6.58 Å². The Morgan fingerprint density at radius 3 is 2.67 bits per heavy atom. The number of hydrogen-bond acceptors (Lipinski definition) is 5. The molecule has 5 nitrogen and oxygen atoms in total. The summed E-state index contributed by atoms with van der Waals surface area (Å²) in [5.41, 5.74) is 0. The summed E-state index contributed by atoms with van der Waals surface area (Å²) in [6.07, 6.45) is 1.11. The van der Waals surface area contributed by atoms with Crippen LogP contribution in [0.4, 0.5) is 0 Å². The molecule has 0 fully saturated rings. The molecule has 0 saturated heterocycles. The lowest BCUT2D eigenvalue weighted by molar-refractivity contribution is -0.137. The lowest BCUT2D eigenvalue weighted by Crippen LogP contribution is -2.22. The second kappa shape index (κ2) is 9.08. The first kappa shape index (κ1) is 13.5. The maximum absolute atomic E-state index is 10.6. The SMILES string of the molecule is C=CC(=O)OCCNC(=C)OCCOC. The number of carbonyl (C=O) groups excluding carboxylic acids is 1. The number of ether oxygens (including phenoxy) is 3. The summed E-state index contributed by atoms with van der Waals surface area (Å²) in [4.78, 5) is 10.6. The van der Waals surface area contributed by atoms with E-state index >= 15 is 0 Å². The predicted molar refractivity (Wildman–Crippen MR) is 56.1 cm³/mol. The zero-order valence-electron chi connectivity index (χ0n) is 8.95. The van der Waals surface area contributed by atoms with Gasteiger partial charge in [-0.25, -0.2) is 4.79 Å². The van der Waals surface area contributed by atoms with Crippen molar-refractivity contribution >= 4 is 5.97 Å². The van der Waals surface area contributed by atoms with Gasteiger partial charge in [-0.3, -0.25) is 0 Å². The van der Waals surface area contributed by atoms with Gasteiger partial charge < -0.3 is 19.5 Å². The number of methoxy groups -OCH3 is 1. The Kier molecular flexibility index (Phi) is 8.18. The van der Waals surface area contributed by atoms with Crippen LogP contribution < -0.4 is 5.32 Å². The molecule has 0 aromatic heterocycles. The molecule has 0 heterocycles. The van der Waals surface area contributed by atoms with Crippen LogP contribution in [0.5, 0.6) is 0 Å². The van der Waals surface area contributed by atoms with Gasteiger partial charge in [0.2, 0.25) is 0 Å². The van der Waals surface area contributed by atoms with Gasteiger partial charge in [0.25, 0.3) is 0 Å². The second-order valence-corrected chi connectivity index (χ2v) is 2.56. The molecule has 0 aliphatic heterocycles. The lowest BCUT2D eigenvalue weighted by Gasteiger charge is -2.10. The largest absolute Gasteiger partial charge is 0.477 e. The molecule has 5 heteroatoms. The quantitative estimate of drug-likeness (QED) is 0.262. The molecule has 0 radical (unpaired) electrons. The monoisotopic (exact) mass is 215 g/mol. The zero-order chi connectivity index (χ0) is 11.5. The van der Waals surface area contributed by atoms with E-state index in [4.69, 9.17) is 14.2 Å². The molecule has 0 aromatic rings. The Bertz CT molecular complexity index is 215. The molecule has 0 aliphatic carbocycles. The van der Waals surface area contributed by atoms with Crippen molar-refractivity contribution < 1.29 is 19.0 Å². The van der Waals surface area contributed by atoms with Crippen LogP contribution in [0.15, 0.2) is 25.1 Å². The van der Waals surface area contributed by atoms with Crippen molar-refractivity contribution in [2.24, 2.45) is 0 Å². The van der Waals surface area contributed by atoms with Gasteiger partial charge in [0.15, 0.2) is 5.88 Å². The van der Waals surface area contributed by atoms with Gasteiger partial charge in [-0.1, -0.05) is 6.58 Å². The van der Waals surface area contributed by atoms with Gasteiger partial charge in [0, 0.05) is 13.2 Å². The van der Waals surface area contributed by atoms with E-state index in [1.165, 1.54) is 0 Å². The summed E-state index contributed by atoms with van der Waals surface area (Å²) in [6, 6.07) is 0. The van der Waals surface area contributed by atoms with Crippen molar-refractivity contribution in [2.75, 3.05) is 33.5 Å². The summed E-state index contributed by atoms with van der Waals surface area (Å²) in [5.74, 6) is -0.00980. The number of esters is 1. The third-order valence-corrected chi connectivity index (χ3v) is 1.40. The Hall–Kier alpha value is -1.49. The van der Waals surface area contributed by atoms with Gasteiger partial charge in [-0.15, -0.1) is 0 Å². The fourth-order valence-corrected chi connectivity index (χ4v) is 0.700. The second-order valence-electron chi connectivity index (χ2n) is 2.56. The molecular weight excluding hydrogens is 198 g/mol. The Balaban J connectivity index is 3.31. The first-order valence-electron chi connectivity index (χ1n) is 4.54. The predicted octanol–water partition coefficient (Wildman–Crippen LogP) is 0.439. The van der Waals surface area contributed by atoms with E-state index in [0.29, 0.717) is 25.6 Å². The van der Waals surface area contributed by atoms with Crippen molar-refractivity contribution in [3.05, 3.63) is 25.1 Å². The summed E-state index contributed by atoms with van der Waals surface area (Å²) in [5, 5.41) is 2.84. The fraction of sp³-hybridized carbons (Fsp3) is 0.500. The number of nitrogens with one attached hydrogen (secondary N) is 1. The molecule has 0 atom stereocenters. The molecule has 0 aliphatic rings. The van der Waals surface area contributed by atoms with Gasteiger partial charge in [-0.2, -0.15) is 0 Å². The van der Waals surface area contributed by atoms with E-state index in [2.05, 4.69) is 18.5 Å². The highest BCUT2D eigenvalue weighted by Gasteiger charge is 1.96. The molecule has 15 heavy (non-hydrogen) atoms. The van der Waals surface area contributed by atoms with Crippen LogP contribution in [0.1, 0.15) is 0 Å². The summed E-state index contributed by atoms with van der Waals surface area (Å²) < 4.78 is 14.6. The van der Waals surface area contributed by atoms with Gasteiger partial charge in [0.1, 0.15) is 13.2 Å². The van der Waals surface area contributed by atoms with Crippen LogP contribution in [-0.2, 0) is 19.0 Å². The minimum absolute atomic E-state index is 0.248. The van der Waals surface area contributed by atoms with E-state index < -0.39 is 5.97 Å². The van der Waals surface area contributed by atoms with Gasteiger partial charge >= 0.3 is 5.97 Å². The van der Waals surface area contributed by atoms with Crippen LogP contribution >= 0.6 is 0 Å². The van der Waals surface area contributed by atoms with Crippen LogP contribution in [0.3, 0.4) is 0 Å².